The van der Waals surface area contributed by atoms with E-state index in [2.05, 4.69) is 14.9 Å². The first-order chi connectivity index (χ1) is 8.50. The van der Waals surface area contributed by atoms with Crippen LogP contribution in [0.25, 0.3) is 0 Å². The second kappa shape index (κ2) is 5.38. The summed E-state index contributed by atoms with van der Waals surface area (Å²) in [6.45, 7) is 1.69. The molecular weight excluding hydrogens is 252 g/mol. The smallest absolute Gasteiger partial charge is 0.244 e. The van der Waals surface area contributed by atoms with E-state index in [9.17, 15) is 8.42 Å². The van der Waals surface area contributed by atoms with Gasteiger partial charge < -0.3 is 5.73 Å². The molecule has 0 aliphatic heterocycles. The molecule has 1 aliphatic carbocycles. The average Bonchev–Trinajstić information content (AvgIpc) is 2.64. The van der Waals surface area contributed by atoms with Crippen LogP contribution in [0.15, 0.2) is 11.1 Å². The maximum atomic E-state index is 12.2. The molecule has 0 saturated heterocycles. The van der Waals surface area contributed by atoms with Gasteiger partial charge in [0.05, 0.1) is 11.9 Å². The predicted octanol–water partition coefficient (Wildman–Crippen LogP) is 0.656. The zero-order valence-corrected chi connectivity index (χ0v) is 11.3. The second-order valence-electron chi connectivity index (χ2n) is 4.89. The Balaban J connectivity index is 2.15. The number of hydrogen-bond donors (Lipinski definition) is 3. The Labute approximate surface area is 107 Å². The third kappa shape index (κ3) is 2.90. The highest BCUT2D eigenvalue weighted by Crippen LogP contribution is 2.19. The lowest BCUT2D eigenvalue weighted by molar-refractivity contribution is 0.456. The van der Waals surface area contributed by atoms with Crippen molar-refractivity contribution in [1.82, 2.24) is 14.9 Å². The molecule has 1 aliphatic rings. The van der Waals surface area contributed by atoms with Crippen molar-refractivity contribution < 1.29 is 8.42 Å². The molecule has 1 fully saturated rings. The SMILES string of the molecule is Cc1[nH]ncc1S(=O)(=O)NC1CCCCCC1N. The molecule has 2 atom stereocenters. The number of hydrogen-bond acceptors (Lipinski definition) is 4. The summed E-state index contributed by atoms with van der Waals surface area (Å²) in [6.07, 6.45) is 6.22. The highest BCUT2D eigenvalue weighted by atomic mass is 32.2. The standard InChI is InChI=1S/C11H20N4O2S/c1-8-11(7-13-14-8)18(16,17)15-10-6-4-2-3-5-9(10)12/h7,9-10,15H,2-6,12H2,1H3,(H,13,14). The van der Waals surface area contributed by atoms with Crippen LogP contribution in [0.4, 0.5) is 0 Å². The number of aryl methyl sites for hydroxylation is 1. The van der Waals surface area contributed by atoms with E-state index in [4.69, 9.17) is 5.73 Å². The molecule has 1 saturated carbocycles. The lowest BCUT2D eigenvalue weighted by Gasteiger charge is -2.22. The number of aromatic amines is 1. The topological polar surface area (TPSA) is 101 Å². The highest BCUT2D eigenvalue weighted by Gasteiger charge is 2.27. The predicted molar refractivity (Wildman–Crippen MR) is 68.5 cm³/mol. The largest absolute Gasteiger partial charge is 0.326 e. The van der Waals surface area contributed by atoms with Gasteiger partial charge in [-0.3, -0.25) is 5.10 Å². The number of rotatable bonds is 3. The molecule has 0 aromatic carbocycles. The first kappa shape index (κ1) is 13.5. The maximum Gasteiger partial charge on any atom is 0.244 e. The number of nitrogens with one attached hydrogen (secondary N) is 2. The quantitative estimate of drug-likeness (QED) is 0.703. The van der Waals surface area contributed by atoms with Crippen molar-refractivity contribution in [2.75, 3.05) is 0 Å². The molecule has 0 amide bonds. The minimum Gasteiger partial charge on any atom is -0.326 e. The molecule has 1 heterocycles. The fraction of sp³-hybridized carbons (Fsp3) is 0.727. The molecule has 0 radical (unpaired) electrons. The fourth-order valence-electron chi connectivity index (χ4n) is 2.36. The Hall–Kier alpha value is -0.920. The van der Waals surface area contributed by atoms with E-state index >= 15 is 0 Å². The van der Waals surface area contributed by atoms with Gasteiger partial charge in [-0.1, -0.05) is 19.3 Å². The first-order valence-electron chi connectivity index (χ1n) is 6.28. The van der Waals surface area contributed by atoms with E-state index in [0.717, 1.165) is 32.1 Å². The van der Waals surface area contributed by atoms with Crippen molar-refractivity contribution in [3.05, 3.63) is 11.9 Å². The number of sulfonamides is 1. The van der Waals surface area contributed by atoms with E-state index in [-0.39, 0.29) is 17.0 Å². The van der Waals surface area contributed by atoms with Crippen molar-refractivity contribution in [2.45, 2.75) is 56.0 Å². The first-order valence-corrected chi connectivity index (χ1v) is 7.77. The van der Waals surface area contributed by atoms with Crippen LogP contribution in [0.3, 0.4) is 0 Å². The van der Waals surface area contributed by atoms with Gasteiger partial charge in [-0.15, -0.1) is 0 Å². The van der Waals surface area contributed by atoms with Gasteiger partial charge in [0.2, 0.25) is 10.0 Å². The summed E-state index contributed by atoms with van der Waals surface area (Å²) in [5, 5.41) is 6.38. The van der Waals surface area contributed by atoms with E-state index in [1.165, 1.54) is 6.20 Å². The van der Waals surface area contributed by atoms with Crippen molar-refractivity contribution in [2.24, 2.45) is 5.73 Å². The van der Waals surface area contributed by atoms with Crippen molar-refractivity contribution in [1.29, 1.82) is 0 Å². The molecular formula is C11H20N4O2S. The molecule has 2 rings (SSSR count). The fourth-order valence-corrected chi connectivity index (χ4v) is 3.81. The van der Waals surface area contributed by atoms with Crippen LogP contribution in [-0.4, -0.2) is 30.7 Å². The van der Waals surface area contributed by atoms with Crippen LogP contribution in [-0.2, 0) is 10.0 Å². The van der Waals surface area contributed by atoms with Gasteiger partial charge in [0.1, 0.15) is 4.90 Å². The Morgan fingerprint density at radius 2 is 2.11 bits per heavy atom. The van der Waals surface area contributed by atoms with Gasteiger partial charge in [-0.2, -0.15) is 5.10 Å². The number of nitrogens with zero attached hydrogens (tertiary/aromatic N) is 1. The second-order valence-corrected chi connectivity index (χ2v) is 6.57. The maximum absolute atomic E-state index is 12.2. The van der Waals surface area contributed by atoms with Crippen LogP contribution in [0.2, 0.25) is 0 Å². The lowest BCUT2D eigenvalue weighted by Crippen LogP contribution is -2.46. The van der Waals surface area contributed by atoms with Crippen LogP contribution >= 0.6 is 0 Å². The van der Waals surface area contributed by atoms with Gasteiger partial charge in [0.15, 0.2) is 0 Å². The van der Waals surface area contributed by atoms with Crippen molar-refractivity contribution >= 4 is 10.0 Å². The van der Waals surface area contributed by atoms with Crippen LogP contribution in [0, 0.1) is 6.92 Å². The molecule has 4 N–H and O–H groups in total. The monoisotopic (exact) mass is 272 g/mol. The summed E-state index contributed by atoms with van der Waals surface area (Å²) in [4.78, 5) is 0.207. The summed E-state index contributed by atoms with van der Waals surface area (Å²) in [5.41, 5.74) is 6.57. The summed E-state index contributed by atoms with van der Waals surface area (Å²) in [7, 11) is -3.52. The third-order valence-corrected chi connectivity index (χ3v) is 5.05. The zero-order valence-electron chi connectivity index (χ0n) is 10.5. The summed E-state index contributed by atoms with van der Waals surface area (Å²) in [6, 6.07) is -0.277. The molecule has 18 heavy (non-hydrogen) atoms. The molecule has 1 aromatic heterocycles. The Morgan fingerprint density at radius 1 is 1.39 bits per heavy atom. The number of aromatic nitrogens is 2. The van der Waals surface area contributed by atoms with Crippen molar-refractivity contribution in [3.63, 3.8) is 0 Å². The van der Waals surface area contributed by atoms with Gasteiger partial charge >= 0.3 is 0 Å². The van der Waals surface area contributed by atoms with Gasteiger partial charge in [0, 0.05) is 12.1 Å². The molecule has 6 nitrogen and oxygen atoms in total. The van der Waals surface area contributed by atoms with Crippen LogP contribution in [0.5, 0.6) is 0 Å². The van der Waals surface area contributed by atoms with Gasteiger partial charge in [0.25, 0.3) is 0 Å². The summed E-state index contributed by atoms with van der Waals surface area (Å²) >= 11 is 0. The minimum atomic E-state index is -3.52. The third-order valence-electron chi connectivity index (χ3n) is 3.45. The zero-order chi connectivity index (χ0) is 13.2. The van der Waals surface area contributed by atoms with Gasteiger partial charge in [-0.05, 0) is 19.8 Å². The Kier molecular flexibility index (Phi) is 4.04. The van der Waals surface area contributed by atoms with E-state index in [1.54, 1.807) is 6.92 Å². The lowest BCUT2D eigenvalue weighted by atomic mass is 10.1. The average molecular weight is 272 g/mol. The molecule has 102 valence electrons. The molecule has 1 aromatic rings. The van der Waals surface area contributed by atoms with Gasteiger partial charge in [-0.25, -0.2) is 13.1 Å². The van der Waals surface area contributed by atoms with E-state index in [0.29, 0.717) is 5.69 Å². The summed E-state index contributed by atoms with van der Waals surface area (Å²) < 4.78 is 27.1. The van der Waals surface area contributed by atoms with Crippen molar-refractivity contribution in [3.8, 4) is 0 Å². The minimum absolute atomic E-state index is 0.102. The van der Waals surface area contributed by atoms with Crippen LogP contribution in [0.1, 0.15) is 37.8 Å². The molecule has 0 bridgehead atoms. The normalized spacial score (nSPS) is 25.9. The van der Waals surface area contributed by atoms with E-state index in [1.807, 2.05) is 0 Å². The Morgan fingerprint density at radius 3 is 2.78 bits per heavy atom. The highest BCUT2D eigenvalue weighted by molar-refractivity contribution is 7.89. The number of nitrogens with two attached hydrogens (primary N) is 1. The summed E-state index contributed by atoms with van der Waals surface area (Å²) in [5.74, 6) is 0. The molecule has 7 heteroatoms. The van der Waals surface area contributed by atoms with Crippen LogP contribution < -0.4 is 10.5 Å². The Bertz CT molecular complexity index is 497. The van der Waals surface area contributed by atoms with E-state index < -0.39 is 10.0 Å². The molecule has 2 unspecified atom stereocenters. The molecule has 0 spiro atoms. The number of H-pyrrole nitrogens is 1.